The molecule has 0 aliphatic carbocycles. The van der Waals surface area contributed by atoms with Crippen LogP contribution in [0.25, 0.3) is 22.6 Å². The number of rotatable bonds is 7. The SMILES string of the molecule is CN1CCN(c2cc3c(cc2F)/C(=C/c2nc4cc(NCCCN5CCCC5)c(F)cc4c(=O)[nH]2)C(=O)N3)CC1. The molecule has 2 saturated heterocycles. The van der Waals surface area contributed by atoms with Crippen LogP contribution in [0.5, 0.6) is 0 Å². The summed E-state index contributed by atoms with van der Waals surface area (Å²) in [5.41, 5.74) is 1.62. The lowest BCUT2D eigenvalue weighted by Crippen LogP contribution is -2.44. The summed E-state index contributed by atoms with van der Waals surface area (Å²) in [6.45, 7) is 6.83. The third-order valence-corrected chi connectivity index (χ3v) is 7.97. The Bertz CT molecular complexity index is 1540. The van der Waals surface area contributed by atoms with E-state index in [0.717, 1.165) is 39.1 Å². The molecule has 0 bridgehead atoms. The second-order valence-electron chi connectivity index (χ2n) is 10.8. The summed E-state index contributed by atoms with van der Waals surface area (Å²) in [7, 11) is 2.03. The van der Waals surface area contributed by atoms with Gasteiger partial charge in [0.25, 0.3) is 11.5 Å². The van der Waals surface area contributed by atoms with Gasteiger partial charge in [0, 0.05) is 38.3 Å². The van der Waals surface area contributed by atoms with Crippen molar-refractivity contribution in [3.63, 3.8) is 0 Å². The maximum atomic E-state index is 15.2. The first-order valence-corrected chi connectivity index (χ1v) is 13.9. The Morgan fingerprint density at radius 2 is 1.77 bits per heavy atom. The maximum Gasteiger partial charge on any atom is 0.259 e. The van der Waals surface area contributed by atoms with Crippen molar-refractivity contribution >= 4 is 45.5 Å². The number of carbonyl (C=O) groups excluding carboxylic acids is 1. The van der Waals surface area contributed by atoms with Crippen LogP contribution in [0.1, 0.15) is 30.7 Å². The van der Waals surface area contributed by atoms with Crippen LogP contribution in [-0.2, 0) is 4.79 Å². The van der Waals surface area contributed by atoms with Gasteiger partial charge in [0.2, 0.25) is 0 Å². The van der Waals surface area contributed by atoms with Gasteiger partial charge in [-0.05, 0) is 76.3 Å². The number of anilines is 3. The number of carbonyl (C=O) groups is 1. The van der Waals surface area contributed by atoms with E-state index in [1.807, 2.05) is 11.9 Å². The number of nitrogens with zero attached hydrogens (tertiary/aromatic N) is 4. The predicted octanol–water partition coefficient (Wildman–Crippen LogP) is 3.34. The average molecular weight is 550 g/mol. The fourth-order valence-corrected chi connectivity index (χ4v) is 5.68. The summed E-state index contributed by atoms with van der Waals surface area (Å²) in [6, 6.07) is 5.71. The molecule has 40 heavy (non-hydrogen) atoms. The summed E-state index contributed by atoms with van der Waals surface area (Å²) < 4.78 is 29.9. The third kappa shape index (κ3) is 5.31. The number of H-pyrrole nitrogens is 1. The Kier molecular flexibility index (Phi) is 7.24. The Morgan fingerprint density at radius 3 is 2.55 bits per heavy atom. The Hall–Kier alpha value is -3.83. The molecule has 9 nitrogen and oxygen atoms in total. The van der Waals surface area contributed by atoms with E-state index >= 15 is 4.39 Å². The van der Waals surface area contributed by atoms with Crippen molar-refractivity contribution in [3.05, 3.63) is 57.6 Å². The van der Waals surface area contributed by atoms with Crippen molar-refractivity contribution in [2.24, 2.45) is 0 Å². The minimum atomic E-state index is -0.525. The van der Waals surface area contributed by atoms with Crippen molar-refractivity contribution in [2.45, 2.75) is 19.3 Å². The number of benzene rings is 2. The number of halogens is 2. The number of hydrogen-bond acceptors (Lipinski definition) is 7. The molecule has 2 fully saturated rings. The first-order valence-electron chi connectivity index (χ1n) is 13.9. The van der Waals surface area contributed by atoms with E-state index in [9.17, 15) is 14.0 Å². The van der Waals surface area contributed by atoms with Crippen LogP contribution in [0.2, 0.25) is 0 Å². The van der Waals surface area contributed by atoms with Crippen LogP contribution >= 0.6 is 0 Å². The molecule has 0 unspecified atom stereocenters. The summed E-state index contributed by atoms with van der Waals surface area (Å²) in [5.74, 6) is -1.22. The summed E-state index contributed by atoms with van der Waals surface area (Å²) in [6.07, 6.45) is 4.76. The van der Waals surface area contributed by atoms with Crippen molar-refractivity contribution in [3.8, 4) is 0 Å². The number of fused-ring (bicyclic) bond motifs is 2. The monoisotopic (exact) mass is 549 g/mol. The van der Waals surface area contributed by atoms with Crippen LogP contribution in [0, 0.1) is 11.6 Å². The van der Waals surface area contributed by atoms with Gasteiger partial charge in [-0.2, -0.15) is 0 Å². The largest absolute Gasteiger partial charge is 0.383 e. The molecule has 0 atom stereocenters. The van der Waals surface area contributed by atoms with E-state index < -0.39 is 23.1 Å². The van der Waals surface area contributed by atoms with Gasteiger partial charge in [-0.25, -0.2) is 13.8 Å². The van der Waals surface area contributed by atoms with Crippen molar-refractivity contribution in [1.29, 1.82) is 0 Å². The molecule has 1 amide bonds. The molecule has 0 radical (unpaired) electrons. The molecule has 3 aliphatic rings. The van der Waals surface area contributed by atoms with Crippen LogP contribution in [0.15, 0.2) is 29.1 Å². The standard InChI is InChI=1S/C29H33F2N7O2/c1-36-9-11-38(12-10-36)26-17-24-18(13-22(26)31)19(28(39)34-24)15-27-33-23-16-25(21(30)14-20(23)29(40)35-27)32-5-4-8-37-6-2-3-7-37/h13-17,32H,2-12H2,1H3,(H,34,39)(H,33,35,40)/b19-15-. The van der Waals surface area contributed by atoms with E-state index in [-0.39, 0.29) is 22.5 Å². The topological polar surface area (TPSA) is 96.6 Å². The number of piperazine rings is 1. The maximum absolute atomic E-state index is 15.2. The number of aromatic amines is 1. The van der Waals surface area contributed by atoms with Gasteiger partial charge in [0.1, 0.15) is 17.5 Å². The summed E-state index contributed by atoms with van der Waals surface area (Å²) >= 11 is 0. The third-order valence-electron chi connectivity index (χ3n) is 7.97. The molecular weight excluding hydrogens is 516 g/mol. The Balaban J connectivity index is 1.25. The molecule has 11 heteroatoms. The summed E-state index contributed by atoms with van der Waals surface area (Å²) in [4.78, 5) is 39.3. The van der Waals surface area contributed by atoms with Gasteiger partial charge in [-0.1, -0.05) is 0 Å². The van der Waals surface area contributed by atoms with Crippen LogP contribution in [0.4, 0.5) is 25.8 Å². The fraction of sp³-hybridized carbons (Fsp3) is 0.414. The second kappa shape index (κ2) is 11.0. The van der Waals surface area contributed by atoms with Gasteiger partial charge >= 0.3 is 0 Å². The van der Waals surface area contributed by atoms with Crippen molar-refractivity contribution in [2.75, 3.05) is 74.9 Å². The fourth-order valence-electron chi connectivity index (χ4n) is 5.68. The smallest absolute Gasteiger partial charge is 0.259 e. The molecular formula is C29H33F2N7O2. The number of nitrogens with one attached hydrogen (secondary N) is 3. The van der Waals surface area contributed by atoms with E-state index in [1.165, 1.54) is 37.1 Å². The van der Waals surface area contributed by atoms with Gasteiger partial charge in [-0.15, -0.1) is 0 Å². The molecule has 1 aromatic heterocycles. The van der Waals surface area contributed by atoms with E-state index in [0.29, 0.717) is 42.1 Å². The first-order chi connectivity index (χ1) is 19.4. The highest BCUT2D eigenvalue weighted by molar-refractivity contribution is 6.35. The van der Waals surface area contributed by atoms with Gasteiger partial charge in [0.05, 0.1) is 33.5 Å². The zero-order chi connectivity index (χ0) is 27.8. The van der Waals surface area contributed by atoms with E-state index in [2.05, 4.69) is 30.4 Å². The molecule has 2 aromatic carbocycles. The zero-order valence-corrected chi connectivity index (χ0v) is 22.5. The minimum Gasteiger partial charge on any atom is -0.383 e. The highest BCUT2D eigenvalue weighted by Crippen LogP contribution is 2.37. The number of hydrogen-bond donors (Lipinski definition) is 3. The minimum absolute atomic E-state index is 0.112. The molecule has 3 N–H and O–H groups in total. The van der Waals surface area contributed by atoms with Crippen LogP contribution in [0.3, 0.4) is 0 Å². The van der Waals surface area contributed by atoms with Crippen LogP contribution < -0.4 is 21.1 Å². The first kappa shape index (κ1) is 26.4. The highest BCUT2D eigenvalue weighted by atomic mass is 19.1. The number of amides is 1. The quantitative estimate of drug-likeness (QED) is 0.307. The van der Waals surface area contributed by atoms with Crippen LogP contribution in [-0.4, -0.2) is 85.1 Å². The lowest BCUT2D eigenvalue weighted by atomic mass is 10.0. The van der Waals surface area contributed by atoms with Gasteiger partial charge < -0.3 is 30.3 Å². The Labute approximate surface area is 230 Å². The van der Waals surface area contributed by atoms with Gasteiger partial charge in [0.15, 0.2) is 0 Å². The molecule has 0 saturated carbocycles. The lowest BCUT2D eigenvalue weighted by Gasteiger charge is -2.34. The molecule has 4 heterocycles. The lowest BCUT2D eigenvalue weighted by molar-refractivity contribution is -0.110. The zero-order valence-electron chi connectivity index (χ0n) is 22.5. The van der Waals surface area contributed by atoms with E-state index in [4.69, 9.17) is 0 Å². The average Bonchev–Trinajstić information content (AvgIpc) is 3.55. The molecule has 6 rings (SSSR count). The molecule has 3 aliphatic heterocycles. The molecule has 210 valence electrons. The normalized spacial score (nSPS) is 19.0. The highest BCUT2D eigenvalue weighted by Gasteiger charge is 2.28. The summed E-state index contributed by atoms with van der Waals surface area (Å²) in [5, 5.41) is 6.04. The Morgan fingerprint density at radius 1 is 1.00 bits per heavy atom. The second-order valence-corrected chi connectivity index (χ2v) is 10.8. The molecule has 0 spiro atoms. The number of likely N-dealkylation sites (tertiary alicyclic amines) is 1. The van der Waals surface area contributed by atoms with E-state index in [1.54, 1.807) is 6.07 Å². The number of likely N-dealkylation sites (N-methyl/N-ethyl adjacent to an activating group) is 1. The number of aromatic nitrogens is 2. The molecule has 3 aromatic rings. The van der Waals surface area contributed by atoms with Crippen molar-refractivity contribution < 1.29 is 13.6 Å². The van der Waals surface area contributed by atoms with Gasteiger partial charge in [-0.3, -0.25) is 9.59 Å². The van der Waals surface area contributed by atoms with Crippen molar-refractivity contribution in [1.82, 2.24) is 19.8 Å². The predicted molar refractivity (Wildman–Crippen MR) is 154 cm³/mol.